The summed E-state index contributed by atoms with van der Waals surface area (Å²) in [6.07, 6.45) is 6.22. The molecule has 0 spiro atoms. The topological polar surface area (TPSA) is 64.7 Å². The second kappa shape index (κ2) is 11.9. The van der Waals surface area contributed by atoms with Gasteiger partial charge in [0.15, 0.2) is 0 Å². The molecule has 6 nitrogen and oxygen atoms in total. The number of aromatic nitrogens is 1. The van der Waals surface area contributed by atoms with E-state index in [9.17, 15) is 12.8 Å². The summed E-state index contributed by atoms with van der Waals surface area (Å²) in [7, 11) is -4.02. The Morgan fingerprint density at radius 3 is 2.55 bits per heavy atom. The van der Waals surface area contributed by atoms with Crippen LogP contribution >= 0.6 is 0 Å². The molecular formula is C31H35FN3O3SSe+. The van der Waals surface area contributed by atoms with Gasteiger partial charge in [-0.2, -0.15) is 0 Å². The molecule has 1 N–H and O–H groups in total. The molecule has 5 rings (SSSR count). The Balaban J connectivity index is 1.57. The molecule has 0 bridgehead atoms. The number of fused-ring (bicyclic) bond motifs is 4. The van der Waals surface area contributed by atoms with Crippen LogP contribution in [-0.4, -0.2) is 46.3 Å². The maximum atomic E-state index is 14.4. The molecule has 4 aromatic rings. The number of halogens is 1. The van der Waals surface area contributed by atoms with Crippen molar-refractivity contribution < 1.29 is 21.9 Å². The molecule has 0 saturated carbocycles. The van der Waals surface area contributed by atoms with Crippen LogP contribution in [-0.2, 0) is 16.7 Å². The molecule has 3 aromatic carbocycles. The zero-order valence-electron chi connectivity index (χ0n) is 23.1. The van der Waals surface area contributed by atoms with E-state index in [-0.39, 0.29) is 26.1 Å². The van der Waals surface area contributed by atoms with Gasteiger partial charge in [-0.15, -0.1) is 0 Å². The number of hydrogen-bond acceptors (Lipinski definition) is 4. The van der Waals surface area contributed by atoms with E-state index in [4.69, 9.17) is 4.55 Å². The standard InChI is InChI=1S/C31H34FN3O3SSe/c1-4-22(20-30-34(6-3)31-25-12-8-7-11-23(25)13-16-28(31)40-30)19-29-33(5-2)26-15-14-24(32)21-27(26)35(29)17-9-10-18-39(36,37)38/h7-8,11-16,19-21H,4-6,9-10,17-18H2,1-3H3/p+1. The zero-order chi connectivity index (χ0) is 28.4. The molecule has 0 atom stereocenters. The average Bonchev–Trinajstić information content (AvgIpc) is 3.43. The zero-order valence-corrected chi connectivity index (χ0v) is 25.6. The quantitative estimate of drug-likeness (QED) is 0.0990. The predicted molar refractivity (Wildman–Crippen MR) is 163 cm³/mol. The van der Waals surface area contributed by atoms with Gasteiger partial charge >= 0.3 is 242 Å². The third kappa shape index (κ3) is 5.74. The summed E-state index contributed by atoms with van der Waals surface area (Å²) >= 11 is 0.177. The number of allylic oxidation sites excluding steroid dienone is 2. The number of unbranched alkanes of at least 4 members (excludes halogenated alkanes) is 1. The van der Waals surface area contributed by atoms with Crippen molar-refractivity contribution in [1.82, 2.24) is 0 Å². The Morgan fingerprint density at radius 2 is 1.82 bits per heavy atom. The van der Waals surface area contributed by atoms with E-state index in [1.165, 1.54) is 36.8 Å². The Morgan fingerprint density at radius 1 is 1.02 bits per heavy atom. The van der Waals surface area contributed by atoms with Crippen molar-refractivity contribution in [3.8, 4) is 0 Å². The normalized spacial score (nSPS) is 15.1. The third-order valence-electron chi connectivity index (χ3n) is 7.38. The van der Waals surface area contributed by atoms with Gasteiger partial charge in [-0.3, -0.25) is 0 Å². The van der Waals surface area contributed by atoms with Crippen LogP contribution in [0.5, 0.6) is 0 Å². The van der Waals surface area contributed by atoms with Gasteiger partial charge in [0, 0.05) is 0 Å². The van der Waals surface area contributed by atoms with E-state index in [1.54, 1.807) is 6.07 Å². The molecule has 0 amide bonds. The maximum absolute atomic E-state index is 14.4. The molecule has 1 aliphatic heterocycles. The summed E-state index contributed by atoms with van der Waals surface area (Å²) in [4.78, 5) is 4.27. The number of rotatable bonds is 10. The third-order valence-corrected chi connectivity index (χ3v) is 10.5. The summed E-state index contributed by atoms with van der Waals surface area (Å²) in [5.74, 6) is 0.369. The fourth-order valence-corrected chi connectivity index (χ4v) is 8.60. The molecule has 40 heavy (non-hydrogen) atoms. The monoisotopic (exact) mass is 628 g/mol. The molecule has 0 radical (unpaired) electrons. The number of hydrogen-bond donors (Lipinski definition) is 1. The Labute approximate surface area is 241 Å². The van der Waals surface area contributed by atoms with Gasteiger partial charge in [-0.1, -0.05) is 0 Å². The summed E-state index contributed by atoms with van der Waals surface area (Å²) < 4.78 is 51.2. The van der Waals surface area contributed by atoms with Gasteiger partial charge in [0.1, 0.15) is 0 Å². The van der Waals surface area contributed by atoms with Crippen molar-refractivity contribution in [2.45, 2.75) is 46.6 Å². The fraction of sp³-hybridized carbons (Fsp3) is 0.323. The Bertz CT molecular complexity index is 1730. The van der Waals surface area contributed by atoms with Gasteiger partial charge in [0.25, 0.3) is 0 Å². The van der Waals surface area contributed by atoms with Crippen LogP contribution in [0.15, 0.2) is 72.1 Å². The van der Waals surface area contributed by atoms with Gasteiger partial charge in [-0.25, -0.2) is 0 Å². The molecular weight excluding hydrogens is 592 g/mol. The van der Waals surface area contributed by atoms with Crippen LogP contribution in [0, 0.1) is 5.82 Å². The first-order chi connectivity index (χ1) is 19.2. The Kier molecular flexibility index (Phi) is 8.47. The molecule has 0 saturated heterocycles. The van der Waals surface area contributed by atoms with E-state index in [0.29, 0.717) is 25.9 Å². The fourth-order valence-electron chi connectivity index (χ4n) is 5.48. The molecule has 1 aliphatic rings. The average molecular weight is 628 g/mol. The molecule has 2 heterocycles. The van der Waals surface area contributed by atoms with Crippen LogP contribution in [0.2, 0.25) is 0 Å². The summed E-state index contributed by atoms with van der Waals surface area (Å²) in [6.45, 7) is 8.53. The van der Waals surface area contributed by atoms with Crippen molar-refractivity contribution in [2.75, 3.05) is 28.6 Å². The van der Waals surface area contributed by atoms with E-state index in [1.807, 2.05) is 6.07 Å². The van der Waals surface area contributed by atoms with Gasteiger partial charge in [0.2, 0.25) is 0 Å². The van der Waals surface area contributed by atoms with Crippen molar-refractivity contribution in [3.05, 3.63) is 82.5 Å². The number of aryl methyl sites for hydroxylation is 1. The number of anilines is 2. The summed E-state index contributed by atoms with van der Waals surface area (Å²) in [6, 6.07) is 17.9. The van der Waals surface area contributed by atoms with Crippen molar-refractivity contribution in [2.24, 2.45) is 0 Å². The predicted octanol–water partition coefficient (Wildman–Crippen LogP) is 6.15. The van der Waals surface area contributed by atoms with E-state index in [0.717, 1.165) is 30.2 Å². The van der Waals surface area contributed by atoms with Gasteiger partial charge in [0.05, 0.1) is 0 Å². The van der Waals surface area contributed by atoms with Crippen LogP contribution in [0.25, 0.3) is 26.6 Å². The van der Waals surface area contributed by atoms with E-state index in [2.05, 4.69) is 83.7 Å². The second-order valence-corrected chi connectivity index (χ2v) is 13.7. The minimum absolute atomic E-state index is 0.177. The van der Waals surface area contributed by atoms with E-state index < -0.39 is 10.1 Å². The van der Waals surface area contributed by atoms with Gasteiger partial charge in [-0.05, 0) is 0 Å². The molecule has 9 heteroatoms. The first-order valence-electron chi connectivity index (χ1n) is 13.8. The molecule has 210 valence electrons. The molecule has 0 fully saturated rings. The minimum atomic E-state index is -4.02. The molecule has 0 aliphatic carbocycles. The molecule has 0 unspecified atom stereocenters. The second-order valence-electron chi connectivity index (χ2n) is 9.92. The first kappa shape index (κ1) is 28.6. The number of nitrogens with zero attached hydrogens (tertiary/aromatic N) is 3. The van der Waals surface area contributed by atoms with E-state index >= 15 is 0 Å². The van der Waals surface area contributed by atoms with Crippen LogP contribution in [0.3, 0.4) is 0 Å². The van der Waals surface area contributed by atoms with Crippen molar-refractivity contribution >= 4 is 62.6 Å². The molecule has 1 aromatic heterocycles. The van der Waals surface area contributed by atoms with Crippen molar-refractivity contribution in [3.63, 3.8) is 0 Å². The summed E-state index contributed by atoms with van der Waals surface area (Å²) in [5.41, 5.74) is 4.21. The first-order valence-corrected chi connectivity index (χ1v) is 17.1. The number of benzene rings is 3. The Hall–Kier alpha value is -2.97. The SMILES string of the molecule is CCC(=C\c1[se]c2ccc3ccccc3c2[n+]1CC)/C=C1\N(CC)c2ccc(F)cc2N1CCCCS(=O)(=O)O. The van der Waals surface area contributed by atoms with Crippen LogP contribution in [0.4, 0.5) is 15.8 Å². The summed E-state index contributed by atoms with van der Waals surface area (Å²) in [5, 5.41) is 2.53. The van der Waals surface area contributed by atoms with Crippen LogP contribution < -0.4 is 14.4 Å². The van der Waals surface area contributed by atoms with Gasteiger partial charge < -0.3 is 0 Å². The van der Waals surface area contributed by atoms with Crippen molar-refractivity contribution in [1.29, 1.82) is 0 Å². The van der Waals surface area contributed by atoms with Crippen LogP contribution in [0.1, 0.15) is 44.6 Å².